The molecule has 0 bridgehead atoms. The fourth-order valence-corrected chi connectivity index (χ4v) is 2.11. The molecular formula is C15H14F6N2O4. The van der Waals surface area contributed by atoms with Gasteiger partial charge in [0.25, 0.3) is 0 Å². The van der Waals surface area contributed by atoms with Gasteiger partial charge in [-0.15, -0.1) is 0 Å². The van der Waals surface area contributed by atoms with E-state index in [2.05, 4.69) is 0 Å². The SMILES string of the molecule is NC(=O)[C@@H](CCC(=O)O)NC(=O)Cc1cc(C(F)(F)F)cc(C(F)(F)F)c1. The number of hydrogen-bond donors (Lipinski definition) is 3. The number of benzene rings is 1. The maximum Gasteiger partial charge on any atom is 0.416 e. The Hall–Kier alpha value is -2.79. The van der Waals surface area contributed by atoms with Crippen molar-refractivity contribution in [2.45, 2.75) is 37.7 Å². The van der Waals surface area contributed by atoms with Gasteiger partial charge < -0.3 is 16.2 Å². The van der Waals surface area contributed by atoms with Gasteiger partial charge >= 0.3 is 18.3 Å². The van der Waals surface area contributed by atoms with Crippen LogP contribution in [0.1, 0.15) is 29.5 Å². The molecule has 12 heteroatoms. The second kappa shape index (κ2) is 8.27. The summed E-state index contributed by atoms with van der Waals surface area (Å²) in [7, 11) is 0. The van der Waals surface area contributed by atoms with Crippen LogP contribution >= 0.6 is 0 Å². The number of nitrogens with one attached hydrogen (secondary N) is 1. The summed E-state index contributed by atoms with van der Waals surface area (Å²) in [6.07, 6.45) is -11.9. The number of carboxylic acids is 1. The Morgan fingerprint density at radius 2 is 1.48 bits per heavy atom. The highest BCUT2D eigenvalue weighted by molar-refractivity contribution is 5.87. The highest BCUT2D eigenvalue weighted by Crippen LogP contribution is 2.36. The molecule has 0 aliphatic rings. The molecule has 0 aliphatic heterocycles. The zero-order valence-electron chi connectivity index (χ0n) is 13.4. The Bertz CT molecular complexity index is 698. The second-order valence-corrected chi connectivity index (χ2v) is 5.55. The van der Waals surface area contributed by atoms with Gasteiger partial charge in [-0.1, -0.05) is 0 Å². The first-order valence-electron chi connectivity index (χ1n) is 7.29. The summed E-state index contributed by atoms with van der Waals surface area (Å²) in [6.45, 7) is 0. The highest BCUT2D eigenvalue weighted by atomic mass is 19.4. The van der Waals surface area contributed by atoms with Crippen molar-refractivity contribution in [3.05, 3.63) is 34.9 Å². The Morgan fingerprint density at radius 3 is 1.85 bits per heavy atom. The van der Waals surface area contributed by atoms with Crippen LogP contribution in [0.2, 0.25) is 0 Å². The van der Waals surface area contributed by atoms with Gasteiger partial charge in [-0.2, -0.15) is 26.3 Å². The lowest BCUT2D eigenvalue weighted by Crippen LogP contribution is -2.45. The average molecular weight is 400 g/mol. The summed E-state index contributed by atoms with van der Waals surface area (Å²) >= 11 is 0. The van der Waals surface area contributed by atoms with Crippen molar-refractivity contribution in [1.29, 1.82) is 0 Å². The number of alkyl halides is 6. The normalized spacial score (nSPS) is 13.1. The zero-order chi connectivity index (χ0) is 21.0. The fraction of sp³-hybridized carbons (Fsp3) is 0.400. The van der Waals surface area contributed by atoms with Crippen LogP contribution in [0.3, 0.4) is 0 Å². The van der Waals surface area contributed by atoms with E-state index in [4.69, 9.17) is 10.8 Å². The number of aliphatic carboxylic acids is 1. The molecule has 4 N–H and O–H groups in total. The molecule has 27 heavy (non-hydrogen) atoms. The molecule has 0 spiro atoms. The molecule has 1 aromatic rings. The molecule has 0 saturated carbocycles. The van der Waals surface area contributed by atoms with Crippen molar-refractivity contribution in [1.82, 2.24) is 5.32 Å². The van der Waals surface area contributed by atoms with E-state index in [0.29, 0.717) is 12.1 Å². The quantitative estimate of drug-likeness (QED) is 0.609. The first-order chi connectivity index (χ1) is 12.2. The molecule has 150 valence electrons. The molecule has 0 fully saturated rings. The number of carbonyl (C=O) groups excluding carboxylic acids is 2. The van der Waals surface area contributed by atoms with Gasteiger partial charge in [0, 0.05) is 6.42 Å². The molecule has 0 aromatic heterocycles. The van der Waals surface area contributed by atoms with Crippen LogP contribution in [0.15, 0.2) is 18.2 Å². The molecule has 0 heterocycles. The van der Waals surface area contributed by atoms with E-state index >= 15 is 0 Å². The fourth-order valence-electron chi connectivity index (χ4n) is 2.11. The van der Waals surface area contributed by atoms with Gasteiger partial charge in [-0.05, 0) is 30.2 Å². The summed E-state index contributed by atoms with van der Waals surface area (Å²) in [6, 6.07) is -0.751. The minimum Gasteiger partial charge on any atom is -0.481 e. The van der Waals surface area contributed by atoms with Crippen molar-refractivity contribution in [3.8, 4) is 0 Å². The summed E-state index contributed by atoms with van der Waals surface area (Å²) in [4.78, 5) is 33.5. The maximum atomic E-state index is 12.8. The van der Waals surface area contributed by atoms with Crippen LogP contribution in [0.25, 0.3) is 0 Å². The number of carboxylic acid groups (broad SMARTS) is 1. The molecule has 0 unspecified atom stereocenters. The lowest BCUT2D eigenvalue weighted by Gasteiger charge is -2.16. The van der Waals surface area contributed by atoms with Crippen molar-refractivity contribution < 1.29 is 45.8 Å². The van der Waals surface area contributed by atoms with Gasteiger partial charge in [0.15, 0.2) is 0 Å². The molecule has 1 rings (SSSR count). The third kappa shape index (κ3) is 7.15. The van der Waals surface area contributed by atoms with Gasteiger partial charge in [-0.3, -0.25) is 14.4 Å². The van der Waals surface area contributed by atoms with E-state index < -0.39 is 65.7 Å². The molecule has 1 atom stereocenters. The van der Waals surface area contributed by atoms with Crippen molar-refractivity contribution in [2.75, 3.05) is 0 Å². The minimum absolute atomic E-state index is 0.0829. The Morgan fingerprint density at radius 1 is 1.00 bits per heavy atom. The molecular weight excluding hydrogens is 386 g/mol. The average Bonchev–Trinajstić information content (AvgIpc) is 2.48. The number of carbonyl (C=O) groups is 3. The lowest BCUT2D eigenvalue weighted by atomic mass is 10.0. The largest absolute Gasteiger partial charge is 0.481 e. The number of amides is 2. The summed E-state index contributed by atoms with van der Waals surface area (Å²) in [5.74, 6) is -3.47. The molecule has 1 aromatic carbocycles. The predicted octanol–water partition coefficient (Wildman–Crippen LogP) is 2.10. The Balaban J connectivity index is 3.03. The monoisotopic (exact) mass is 400 g/mol. The Kier molecular flexibility index (Phi) is 6.81. The van der Waals surface area contributed by atoms with Crippen LogP contribution in [-0.2, 0) is 33.2 Å². The maximum absolute atomic E-state index is 12.8. The van der Waals surface area contributed by atoms with E-state index in [1.807, 2.05) is 5.32 Å². The van der Waals surface area contributed by atoms with E-state index in [1.165, 1.54) is 0 Å². The highest BCUT2D eigenvalue weighted by Gasteiger charge is 2.37. The van der Waals surface area contributed by atoms with Crippen molar-refractivity contribution >= 4 is 17.8 Å². The number of rotatable bonds is 7. The number of primary amides is 1. The van der Waals surface area contributed by atoms with Crippen LogP contribution in [-0.4, -0.2) is 28.9 Å². The third-order valence-corrected chi connectivity index (χ3v) is 3.34. The summed E-state index contributed by atoms with van der Waals surface area (Å²) < 4.78 is 76.7. The number of hydrogen-bond acceptors (Lipinski definition) is 3. The van der Waals surface area contributed by atoms with Crippen LogP contribution in [0, 0.1) is 0 Å². The topological polar surface area (TPSA) is 109 Å². The first kappa shape index (κ1) is 22.3. The third-order valence-electron chi connectivity index (χ3n) is 3.34. The predicted molar refractivity (Wildman–Crippen MR) is 78.1 cm³/mol. The lowest BCUT2D eigenvalue weighted by molar-refractivity contribution is -0.143. The standard InChI is InChI=1S/C15H14F6N2O4/c16-14(17,18)8-3-7(4-9(6-8)15(19,20)21)5-11(24)23-10(13(22)27)1-2-12(25)26/h3-4,6,10H,1-2,5H2,(H2,22,27)(H,23,24)(H,25,26)/t10-/m1/s1. The van der Waals surface area contributed by atoms with Crippen LogP contribution in [0.4, 0.5) is 26.3 Å². The molecule has 0 saturated heterocycles. The van der Waals surface area contributed by atoms with E-state index in [1.54, 1.807) is 0 Å². The van der Waals surface area contributed by atoms with Crippen LogP contribution < -0.4 is 11.1 Å². The second-order valence-electron chi connectivity index (χ2n) is 5.55. The molecule has 6 nitrogen and oxygen atoms in total. The van der Waals surface area contributed by atoms with Crippen molar-refractivity contribution in [2.24, 2.45) is 5.73 Å². The van der Waals surface area contributed by atoms with Gasteiger partial charge in [0.05, 0.1) is 17.5 Å². The van der Waals surface area contributed by atoms with E-state index in [9.17, 15) is 40.7 Å². The van der Waals surface area contributed by atoms with E-state index in [-0.39, 0.29) is 12.5 Å². The number of nitrogens with two attached hydrogens (primary N) is 1. The summed E-state index contributed by atoms with van der Waals surface area (Å²) in [5, 5.41) is 10.5. The number of halogens is 6. The van der Waals surface area contributed by atoms with Crippen LogP contribution in [0.5, 0.6) is 0 Å². The van der Waals surface area contributed by atoms with Gasteiger partial charge in [0.1, 0.15) is 6.04 Å². The molecule has 0 aliphatic carbocycles. The van der Waals surface area contributed by atoms with E-state index in [0.717, 1.165) is 0 Å². The molecule has 2 amide bonds. The summed E-state index contributed by atoms with van der Waals surface area (Å²) in [5.41, 5.74) is 1.22. The Labute approximate surface area is 148 Å². The van der Waals surface area contributed by atoms with Gasteiger partial charge in [-0.25, -0.2) is 0 Å². The van der Waals surface area contributed by atoms with Crippen molar-refractivity contribution in [3.63, 3.8) is 0 Å². The van der Waals surface area contributed by atoms with Gasteiger partial charge in [0.2, 0.25) is 11.8 Å². The first-order valence-corrected chi connectivity index (χ1v) is 7.29. The zero-order valence-corrected chi connectivity index (χ0v) is 13.4. The smallest absolute Gasteiger partial charge is 0.416 e. The minimum atomic E-state index is -5.07. The molecule has 0 radical (unpaired) electrons.